The topological polar surface area (TPSA) is 30.7 Å². The molecule has 0 spiro atoms. The molecule has 1 aliphatic carbocycles. The van der Waals surface area contributed by atoms with Gasteiger partial charge in [0.2, 0.25) is 0 Å². The molecule has 4 rings (SSSR count). The van der Waals surface area contributed by atoms with Crippen molar-refractivity contribution in [3.63, 3.8) is 0 Å². The third kappa shape index (κ3) is 3.04. The Kier molecular flexibility index (Phi) is 4.16. The van der Waals surface area contributed by atoms with E-state index in [2.05, 4.69) is 51.2 Å². The minimum Gasteiger partial charge on any atom is -0.270 e. The van der Waals surface area contributed by atoms with E-state index in [-0.39, 0.29) is 0 Å². The van der Waals surface area contributed by atoms with Gasteiger partial charge in [-0.3, -0.25) is 4.57 Å². The summed E-state index contributed by atoms with van der Waals surface area (Å²) in [5.74, 6) is 0.914. The van der Waals surface area contributed by atoms with Gasteiger partial charge in [0.15, 0.2) is 11.0 Å². The molecule has 116 valence electrons. The molecule has 0 atom stereocenters. The predicted octanol–water partition coefficient (Wildman–Crippen LogP) is 4.97. The number of rotatable bonds is 4. The average molecular weight is 321 g/mol. The lowest BCUT2D eigenvalue weighted by molar-refractivity contribution is 0.852. The van der Waals surface area contributed by atoms with Crippen LogP contribution >= 0.6 is 11.8 Å². The van der Waals surface area contributed by atoms with Gasteiger partial charge in [0, 0.05) is 16.5 Å². The molecule has 1 fully saturated rings. The lowest BCUT2D eigenvalue weighted by Gasteiger charge is -2.12. The first-order valence-corrected chi connectivity index (χ1v) is 9.03. The highest BCUT2D eigenvalue weighted by Gasteiger charge is 2.22. The molecule has 1 heterocycles. The molecule has 4 heteroatoms. The van der Waals surface area contributed by atoms with Crippen LogP contribution in [0.25, 0.3) is 17.1 Å². The number of aromatic nitrogens is 3. The van der Waals surface area contributed by atoms with Crippen LogP contribution in [0.4, 0.5) is 0 Å². The highest BCUT2D eigenvalue weighted by molar-refractivity contribution is 7.99. The lowest BCUT2D eigenvalue weighted by Crippen LogP contribution is -2.02. The van der Waals surface area contributed by atoms with Crippen molar-refractivity contribution in [1.29, 1.82) is 0 Å². The molecule has 3 aromatic rings. The van der Waals surface area contributed by atoms with Crippen molar-refractivity contribution in [2.75, 3.05) is 0 Å². The van der Waals surface area contributed by atoms with Gasteiger partial charge in [-0.05, 0) is 25.0 Å². The third-order valence-electron chi connectivity index (χ3n) is 4.25. The van der Waals surface area contributed by atoms with E-state index in [1.807, 2.05) is 36.0 Å². The summed E-state index contributed by atoms with van der Waals surface area (Å²) in [5, 5.41) is 10.7. The molecule has 1 aromatic heterocycles. The van der Waals surface area contributed by atoms with Crippen molar-refractivity contribution >= 4 is 11.8 Å². The average Bonchev–Trinajstić information content (AvgIpc) is 3.27. The first kappa shape index (κ1) is 14.5. The summed E-state index contributed by atoms with van der Waals surface area (Å²) in [5.41, 5.74) is 2.22. The van der Waals surface area contributed by atoms with Crippen LogP contribution in [-0.2, 0) is 0 Å². The summed E-state index contributed by atoms with van der Waals surface area (Å²) in [6, 6.07) is 20.7. The predicted molar refractivity (Wildman–Crippen MR) is 94.9 cm³/mol. The Hall–Kier alpha value is -2.07. The van der Waals surface area contributed by atoms with Gasteiger partial charge >= 0.3 is 0 Å². The monoisotopic (exact) mass is 321 g/mol. The van der Waals surface area contributed by atoms with Gasteiger partial charge in [-0.25, -0.2) is 0 Å². The zero-order valence-corrected chi connectivity index (χ0v) is 13.7. The quantitative estimate of drug-likeness (QED) is 0.680. The Morgan fingerprint density at radius 2 is 1.48 bits per heavy atom. The van der Waals surface area contributed by atoms with Gasteiger partial charge in [-0.2, -0.15) is 0 Å². The SMILES string of the molecule is c1ccc(-c2nnc(SC3CCCC3)n2-c2ccccc2)cc1. The van der Waals surface area contributed by atoms with Crippen LogP contribution in [-0.4, -0.2) is 20.0 Å². The van der Waals surface area contributed by atoms with Gasteiger partial charge in [0.1, 0.15) is 0 Å². The summed E-state index contributed by atoms with van der Waals surface area (Å²) in [6.45, 7) is 0. The Bertz CT molecular complexity index is 762. The molecule has 1 aliphatic rings. The number of hydrogen-bond acceptors (Lipinski definition) is 3. The summed E-state index contributed by atoms with van der Waals surface area (Å²) in [7, 11) is 0. The van der Waals surface area contributed by atoms with E-state index in [0.29, 0.717) is 5.25 Å². The molecule has 0 bridgehead atoms. The van der Waals surface area contributed by atoms with Crippen LogP contribution in [0.1, 0.15) is 25.7 Å². The summed E-state index contributed by atoms with van der Waals surface area (Å²) < 4.78 is 2.19. The standard InChI is InChI=1S/C19H19N3S/c1-3-9-15(10-4-1)18-20-21-19(23-17-13-7-8-14-17)22(18)16-11-5-2-6-12-16/h1-6,9-12,17H,7-8,13-14H2. The Balaban J connectivity index is 1.79. The van der Waals surface area contributed by atoms with Crippen LogP contribution in [0.2, 0.25) is 0 Å². The second-order valence-corrected chi connectivity index (χ2v) is 7.13. The number of thioether (sulfide) groups is 1. The maximum Gasteiger partial charge on any atom is 0.196 e. The van der Waals surface area contributed by atoms with Crippen LogP contribution < -0.4 is 0 Å². The lowest BCUT2D eigenvalue weighted by atomic mass is 10.2. The molecular formula is C19H19N3S. The van der Waals surface area contributed by atoms with E-state index in [4.69, 9.17) is 0 Å². The fraction of sp³-hybridized carbons (Fsp3) is 0.263. The van der Waals surface area contributed by atoms with Gasteiger partial charge < -0.3 is 0 Å². The van der Waals surface area contributed by atoms with Crippen LogP contribution in [0.3, 0.4) is 0 Å². The fourth-order valence-electron chi connectivity index (χ4n) is 3.09. The summed E-state index contributed by atoms with van der Waals surface area (Å²) in [4.78, 5) is 0. The normalized spacial score (nSPS) is 15.1. The molecule has 0 unspecified atom stereocenters. The van der Waals surface area contributed by atoms with E-state index in [9.17, 15) is 0 Å². The maximum atomic E-state index is 4.51. The van der Waals surface area contributed by atoms with E-state index in [1.54, 1.807) is 0 Å². The van der Waals surface area contributed by atoms with Gasteiger partial charge in [0.05, 0.1) is 0 Å². The molecule has 0 aliphatic heterocycles. The molecule has 23 heavy (non-hydrogen) atoms. The summed E-state index contributed by atoms with van der Waals surface area (Å²) in [6.07, 6.45) is 5.24. The molecular weight excluding hydrogens is 302 g/mol. The largest absolute Gasteiger partial charge is 0.270 e. The highest BCUT2D eigenvalue weighted by Crippen LogP contribution is 2.36. The molecule has 0 amide bonds. The van der Waals surface area contributed by atoms with Gasteiger partial charge in [-0.15, -0.1) is 10.2 Å². The van der Waals surface area contributed by atoms with Crippen molar-refractivity contribution in [1.82, 2.24) is 14.8 Å². The molecule has 0 radical (unpaired) electrons. The maximum absolute atomic E-state index is 4.51. The van der Waals surface area contributed by atoms with E-state index >= 15 is 0 Å². The van der Waals surface area contributed by atoms with Crippen molar-refractivity contribution in [3.05, 3.63) is 60.7 Å². The molecule has 1 saturated carbocycles. The molecule has 2 aromatic carbocycles. The molecule has 3 nitrogen and oxygen atoms in total. The highest BCUT2D eigenvalue weighted by atomic mass is 32.2. The Labute approximate surface area is 140 Å². The zero-order chi connectivity index (χ0) is 15.5. The van der Waals surface area contributed by atoms with Crippen LogP contribution in [0.5, 0.6) is 0 Å². The Morgan fingerprint density at radius 3 is 2.17 bits per heavy atom. The van der Waals surface area contributed by atoms with Crippen molar-refractivity contribution in [3.8, 4) is 17.1 Å². The fourth-order valence-corrected chi connectivity index (χ4v) is 4.34. The van der Waals surface area contributed by atoms with Crippen molar-refractivity contribution in [2.24, 2.45) is 0 Å². The van der Waals surface area contributed by atoms with E-state index in [1.165, 1.54) is 25.7 Å². The third-order valence-corrected chi connectivity index (χ3v) is 5.53. The zero-order valence-electron chi connectivity index (χ0n) is 12.9. The van der Waals surface area contributed by atoms with Crippen LogP contribution in [0, 0.1) is 0 Å². The van der Waals surface area contributed by atoms with Crippen molar-refractivity contribution < 1.29 is 0 Å². The molecule has 0 saturated heterocycles. The van der Waals surface area contributed by atoms with Gasteiger partial charge in [0.25, 0.3) is 0 Å². The van der Waals surface area contributed by atoms with E-state index in [0.717, 1.165) is 22.2 Å². The van der Waals surface area contributed by atoms with E-state index < -0.39 is 0 Å². The number of nitrogens with zero attached hydrogens (tertiary/aromatic N) is 3. The Morgan fingerprint density at radius 1 is 0.826 bits per heavy atom. The minimum atomic E-state index is 0.672. The smallest absolute Gasteiger partial charge is 0.196 e. The summed E-state index contributed by atoms with van der Waals surface area (Å²) >= 11 is 1.88. The number of para-hydroxylation sites is 1. The first-order valence-electron chi connectivity index (χ1n) is 8.15. The molecule has 0 N–H and O–H groups in total. The second-order valence-electron chi connectivity index (χ2n) is 5.87. The minimum absolute atomic E-state index is 0.672. The number of hydrogen-bond donors (Lipinski definition) is 0. The second kappa shape index (κ2) is 6.59. The van der Waals surface area contributed by atoms with Crippen LogP contribution in [0.15, 0.2) is 65.8 Å². The number of benzene rings is 2. The van der Waals surface area contributed by atoms with Gasteiger partial charge in [-0.1, -0.05) is 73.1 Å². The van der Waals surface area contributed by atoms with Crippen molar-refractivity contribution in [2.45, 2.75) is 36.1 Å². The first-order chi connectivity index (χ1) is 11.4.